The zero-order valence-corrected chi connectivity index (χ0v) is 11.4. The number of nitrogens with one attached hydrogen (secondary N) is 1. The van der Waals surface area contributed by atoms with Crippen molar-refractivity contribution in [3.05, 3.63) is 22.8 Å². The Balaban J connectivity index is 0.000000980. The molecule has 1 aromatic heterocycles. The molecule has 1 fully saturated rings. The Hall–Kier alpha value is -0.0300. The van der Waals surface area contributed by atoms with E-state index >= 15 is 0 Å². The smallest absolute Gasteiger partial charge is 0.128 e. The van der Waals surface area contributed by atoms with E-state index in [2.05, 4.69) is 37.2 Å². The van der Waals surface area contributed by atoms with Crippen LogP contribution in [0.5, 0.6) is 0 Å². The van der Waals surface area contributed by atoms with Gasteiger partial charge in [-0.15, -0.1) is 24.8 Å². The Bertz CT molecular complexity index is 275. The Morgan fingerprint density at radius 3 is 2.40 bits per heavy atom. The lowest BCUT2D eigenvalue weighted by molar-refractivity contribution is 0.585. The van der Waals surface area contributed by atoms with Crippen molar-refractivity contribution in [2.45, 2.75) is 0 Å². The van der Waals surface area contributed by atoms with Gasteiger partial charge in [0.1, 0.15) is 5.82 Å². The summed E-state index contributed by atoms with van der Waals surface area (Å²) < 4.78 is 1.03. The first kappa shape index (κ1) is 15.0. The topological polar surface area (TPSA) is 28.2 Å². The van der Waals surface area contributed by atoms with Gasteiger partial charge in [-0.1, -0.05) is 0 Å². The molecular weight excluding hydrogens is 301 g/mol. The molecule has 0 aliphatic carbocycles. The maximum absolute atomic E-state index is 4.35. The maximum atomic E-state index is 4.35. The molecule has 0 radical (unpaired) electrons. The monoisotopic (exact) mass is 313 g/mol. The van der Waals surface area contributed by atoms with Gasteiger partial charge < -0.3 is 10.2 Å². The quantitative estimate of drug-likeness (QED) is 0.860. The molecule has 1 saturated heterocycles. The largest absolute Gasteiger partial charge is 0.354 e. The van der Waals surface area contributed by atoms with Crippen LogP contribution in [0.15, 0.2) is 22.8 Å². The van der Waals surface area contributed by atoms with Crippen molar-refractivity contribution in [2.24, 2.45) is 0 Å². The van der Waals surface area contributed by atoms with Crippen LogP contribution in [0.1, 0.15) is 0 Å². The van der Waals surface area contributed by atoms with Crippen LogP contribution in [0, 0.1) is 0 Å². The number of rotatable bonds is 1. The number of hydrogen-bond donors (Lipinski definition) is 1. The van der Waals surface area contributed by atoms with Gasteiger partial charge in [-0.05, 0) is 28.1 Å². The van der Waals surface area contributed by atoms with Gasteiger partial charge in [0.15, 0.2) is 0 Å². The van der Waals surface area contributed by atoms with Gasteiger partial charge in [0.05, 0.1) is 0 Å². The molecule has 1 aromatic rings. The SMILES string of the molecule is Brc1ccc(N2CCNCC2)nc1.Cl.Cl. The van der Waals surface area contributed by atoms with Crippen molar-refractivity contribution in [2.75, 3.05) is 31.1 Å². The summed E-state index contributed by atoms with van der Waals surface area (Å²) in [5.74, 6) is 1.07. The van der Waals surface area contributed by atoms with Crippen LogP contribution in [0.3, 0.4) is 0 Å². The molecule has 0 amide bonds. The second-order valence-corrected chi connectivity index (χ2v) is 3.99. The molecule has 15 heavy (non-hydrogen) atoms. The molecule has 0 aromatic carbocycles. The minimum Gasteiger partial charge on any atom is -0.354 e. The summed E-state index contributed by atoms with van der Waals surface area (Å²) in [6.07, 6.45) is 1.84. The van der Waals surface area contributed by atoms with E-state index in [9.17, 15) is 0 Å². The van der Waals surface area contributed by atoms with Crippen molar-refractivity contribution < 1.29 is 0 Å². The maximum Gasteiger partial charge on any atom is 0.128 e. The Morgan fingerprint density at radius 1 is 1.20 bits per heavy atom. The predicted octanol–water partition coefficient (Wildman–Crippen LogP) is 2.10. The summed E-state index contributed by atoms with van der Waals surface area (Å²) in [5, 5.41) is 3.32. The van der Waals surface area contributed by atoms with Crippen LogP contribution in [0.25, 0.3) is 0 Å². The van der Waals surface area contributed by atoms with Gasteiger partial charge in [-0.3, -0.25) is 0 Å². The molecule has 0 spiro atoms. The summed E-state index contributed by atoms with van der Waals surface area (Å²) in [6, 6.07) is 4.08. The molecule has 0 bridgehead atoms. The average Bonchev–Trinajstić information content (AvgIpc) is 2.20. The number of hydrogen-bond acceptors (Lipinski definition) is 3. The molecule has 3 nitrogen and oxygen atoms in total. The van der Waals surface area contributed by atoms with E-state index in [-0.39, 0.29) is 24.8 Å². The molecule has 0 saturated carbocycles. The van der Waals surface area contributed by atoms with Gasteiger partial charge in [0.2, 0.25) is 0 Å². The van der Waals surface area contributed by atoms with Gasteiger partial charge in [-0.25, -0.2) is 4.98 Å². The lowest BCUT2D eigenvalue weighted by Crippen LogP contribution is -2.43. The molecule has 2 rings (SSSR count). The van der Waals surface area contributed by atoms with Gasteiger partial charge >= 0.3 is 0 Å². The third-order valence-corrected chi connectivity index (χ3v) is 2.62. The average molecular weight is 315 g/mol. The van der Waals surface area contributed by atoms with Crippen molar-refractivity contribution in [3.8, 4) is 0 Å². The second-order valence-electron chi connectivity index (χ2n) is 3.07. The summed E-state index contributed by atoms with van der Waals surface area (Å²) in [7, 11) is 0. The van der Waals surface area contributed by atoms with E-state index in [0.29, 0.717) is 0 Å². The highest BCUT2D eigenvalue weighted by Crippen LogP contribution is 2.14. The molecular formula is C9H14BrCl2N3. The van der Waals surface area contributed by atoms with E-state index in [1.165, 1.54) is 0 Å². The van der Waals surface area contributed by atoms with Crippen molar-refractivity contribution in [3.63, 3.8) is 0 Å². The summed E-state index contributed by atoms with van der Waals surface area (Å²) in [6.45, 7) is 4.21. The highest BCUT2D eigenvalue weighted by Gasteiger charge is 2.10. The molecule has 0 atom stereocenters. The summed E-state index contributed by atoms with van der Waals surface area (Å²) >= 11 is 3.38. The molecule has 1 aliphatic rings. The molecule has 86 valence electrons. The molecule has 6 heteroatoms. The van der Waals surface area contributed by atoms with E-state index in [4.69, 9.17) is 0 Å². The van der Waals surface area contributed by atoms with E-state index in [1.807, 2.05) is 12.3 Å². The van der Waals surface area contributed by atoms with Crippen LogP contribution in [-0.4, -0.2) is 31.2 Å². The summed E-state index contributed by atoms with van der Waals surface area (Å²) in [5.41, 5.74) is 0. The van der Waals surface area contributed by atoms with E-state index in [1.54, 1.807) is 0 Å². The standard InChI is InChI=1S/C9H12BrN3.2ClH/c10-8-1-2-9(12-7-8)13-5-3-11-4-6-13;;/h1-2,7,11H,3-6H2;2*1H. The zero-order chi connectivity index (χ0) is 9.10. The Kier molecular flexibility index (Phi) is 7.26. The van der Waals surface area contributed by atoms with Crippen LogP contribution in [0.2, 0.25) is 0 Å². The highest BCUT2D eigenvalue weighted by molar-refractivity contribution is 9.10. The number of nitrogens with zero attached hydrogens (tertiary/aromatic N) is 2. The lowest BCUT2D eigenvalue weighted by Gasteiger charge is -2.28. The Labute approximate surface area is 111 Å². The third-order valence-electron chi connectivity index (χ3n) is 2.15. The van der Waals surface area contributed by atoms with Crippen LogP contribution < -0.4 is 10.2 Å². The normalized spacial score (nSPS) is 15.1. The minimum absolute atomic E-state index is 0. The second kappa shape index (κ2) is 7.28. The van der Waals surface area contributed by atoms with E-state index < -0.39 is 0 Å². The first-order valence-corrected chi connectivity index (χ1v) is 5.23. The Morgan fingerprint density at radius 2 is 1.87 bits per heavy atom. The third kappa shape index (κ3) is 4.15. The number of piperazine rings is 1. The van der Waals surface area contributed by atoms with Crippen molar-refractivity contribution in [1.29, 1.82) is 0 Å². The fraction of sp³-hybridized carbons (Fsp3) is 0.444. The zero-order valence-electron chi connectivity index (χ0n) is 8.15. The fourth-order valence-corrected chi connectivity index (χ4v) is 1.68. The molecule has 2 heterocycles. The highest BCUT2D eigenvalue weighted by atomic mass is 79.9. The molecule has 1 N–H and O–H groups in total. The number of anilines is 1. The van der Waals surface area contributed by atoms with Crippen molar-refractivity contribution >= 4 is 46.6 Å². The van der Waals surface area contributed by atoms with Crippen LogP contribution >= 0.6 is 40.7 Å². The van der Waals surface area contributed by atoms with Crippen LogP contribution in [-0.2, 0) is 0 Å². The molecule has 1 aliphatic heterocycles. The fourth-order valence-electron chi connectivity index (χ4n) is 1.45. The predicted molar refractivity (Wildman–Crippen MR) is 71.5 cm³/mol. The lowest BCUT2D eigenvalue weighted by atomic mass is 10.3. The van der Waals surface area contributed by atoms with Crippen LogP contribution in [0.4, 0.5) is 5.82 Å². The minimum atomic E-state index is 0. The van der Waals surface area contributed by atoms with Crippen molar-refractivity contribution in [1.82, 2.24) is 10.3 Å². The number of aromatic nitrogens is 1. The number of halogens is 3. The molecule has 0 unspecified atom stereocenters. The summed E-state index contributed by atoms with van der Waals surface area (Å²) in [4.78, 5) is 6.65. The first-order chi connectivity index (χ1) is 6.36. The first-order valence-electron chi connectivity index (χ1n) is 4.43. The number of pyridine rings is 1. The van der Waals surface area contributed by atoms with E-state index in [0.717, 1.165) is 36.5 Å². The van der Waals surface area contributed by atoms with Gasteiger partial charge in [-0.2, -0.15) is 0 Å². The van der Waals surface area contributed by atoms with Gasteiger partial charge in [0, 0.05) is 36.8 Å². The van der Waals surface area contributed by atoms with Gasteiger partial charge in [0.25, 0.3) is 0 Å².